The number of Topliss-reactive ketones (excluding diaryl/α,β-unsaturated/α-hetero) is 1. The van der Waals surface area contributed by atoms with Gasteiger partial charge in [-0.1, -0.05) is 54.7 Å². The Bertz CT molecular complexity index is 1860. The van der Waals surface area contributed by atoms with Gasteiger partial charge >= 0.3 is 0 Å². The van der Waals surface area contributed by atoms with Gasteiger partial charge in [-0.3, -0.25) is 4.79 Å². The summed E-state index contributed by atoms with van der Waals surface area (Å²) in [6.45, 7) is 31.7. The Morgan fingerprint density at radius 1 is 0.730 bits per heavy atom. The molecule has 2 heterocycles. The van der Waals surface area contributed by atoms with Gasteiger partial charge in [0.25, 0.3) is 0 Å². The first-order valence-electron chi connectivity index (χ1n) is 12.6. The molecule has 4 atom stereocenters. The van der Waals surface area contributed by atoms with E-state index in [1.54, 1.807) is 0 Å². The van der Waals surface area contributed by atoms with Gasteiger partial charge in [0.1, 0.15) is 5.69 Å². The molecule has 6 rings (SSSR count). The van der Waals surface area contributed by atoms with Crippen LogP contribution in [-0.4, -0.2) is 25.7 Å². The van der Waals surface area contributed by atoms with Crippen LogP contribution in [0.2, 0.25) is 0 Å². The topological polar surface area (TPSA) is 68.6 Å². The molecule has 2 aromatic heterocycles. The van der Waals surface area contributed by atoms with E-state index < -0.39 is 0 Å². The molecule has 3 aliphatic carbocycles. The number of fused-ring (bicyclic) bond motifs is 4. The highest BCUT2D eigenvalue weighted by atomic mass is 16.1. The van der Waals surface area contributed by atoms with Crippen LogP contribution in [0.15, 0.2) is 48.1 Å². The Kier molecular flexibility index (Phi) is 4.75. The number of hydrogen-bond donors (Lipinski definition) is 0. The molecule has 4 unspecified atom stereocenters. The number of aromatic nitrogens is 4. The minimum atomic E-state index is -0.192. The number of nitrogens with zero attached hydrogens (tertiary/aromatic N) is 4. The summed E-state index contributed by atoms with van der Waals surface area (Å²) in [4.78, 5) is 33.1. The molecule has 0 aliphatic heterocycles. The molecule has 184 valence electrons. The summed E-state index contributed by atoms with van der Waals surface area (Å²) in [5.41, 5.74) is 11.5. The van der Waals surface area contributed by atoms with Gasteiger partial charge in [-0.2, -0.15) is 0 Å². The molecular weight excluding hydrogens is 456 g/mol. The molecule has 5 nitrogen and oxygen atoms in total. The number of benzene rings is 1. The van der Waals surface area contributed by atoms with E-state index in [0.717, 1.165) is 28.1 Å². The Hall–Kier alpha value is -3.99. The molecule has 0 amide bonds. The Morgan fingerprint density at radius 3 is 1.89 bits per heavy atom. The molecule has 37 heavy (non-hydrogen) atoms. The van der Waals surface area contributed by atoms with E-state index in [9.17, 15) is 4.79 Å². The molecule has 5 heteroatoms. The van der Waals surface area contributed by atoms with Crippen LogP contribution >= 0.6 is 0 Å². The molecule has 0 saturated heterocycles. The van der Waals surface area contributed by atoms with Crippen molar-refractivity contribution in [3.63, 3.8) is 0 Å². The van der Waals surface area contributed by atoms with E-state index in [1.807, 2.05) is 19.9 Å². The van der Waals surface area contributed by atoms with Crippen LogP contribution in [0.5, 0.6) is 0 Å². The third-order valence-electron chi connectivity index (χ3n) is 9.07. The highest BCUT2D eigenvalue weighted by Crippen LogP contribution is 2.52. The van der Waals surface area contributed by atoms with Crippen molar-refractivity contribution < 1.29 is 4.79 Å². The zero-order valence-corrected chi connectivity index (χ0v) is 22.1. The van der Waals surface area contributed by atoms with Crippen LogP contribution in [0.25, 0.3) is 46.4 Å². The number of carbonyl (C=O) groups excluding carboxylic acids is 1. The summed E-state index contributed by atoms with van der Waals surface area (Å²) in [5.74, 6) is 0.215. The molecule has 0 fully saturated rings. The summed E-state index contributed by atoms with van der Waals surface area (Å²) in [6, 6.07) is 0. The second-order valence-corrected chi connectivity index (χ2v) is 10.8. The lowest BCUT2D eigenvalue weighted by molar-refractivity contribution is 0.0894. The number of hydrogen-bond acceptors (Lipinski definition) is 5. The van der Waals surface area contributed by atoms with E-state index in [4.69, 9.17) is 19.9 Å². The van der Waals surface area contributed by atoms with Crippen LogP contribution < -0.4 is 10.4 Å². The highest BCUT2D eigenvalue weighted by molar-refractivity contribution is 6.09. The van der Waals surface area contributed by atoms with Gasteiger partial charge < -0.3 is 0 Å². The van der Waals surface area contributed by atoms with Gasteiger partial charge in [0.2, 0.25) is 0 Å². The first-order chi connectivity index (χ1) is 17.5. The number of aryl methyl sites for hydroxylation is 1. The number of carbonyl (C=O) groups is 1. The lowest BCUT2D eigenvalue weighted by Crippen LogP contribution is -2.41. The highest BCUT2D eigenvalue weighted by Gasteiger charge is 2.48. The summed E-state index contributed by atoms with van der Waals surface area (Å²) < 4.78 is 0. The van der Waals surface area contributed by atoms with Gasteiger partial charge in [0.05, 0.1) is 45.1 Å². The van der Waals surface area contributed by atoms with Crippen molar-refractivity contribution in [2.45, 2.75) is 34.6 Å². The van der Waals surface area contributed by atoms with Gasteiger partial charge in [-0.25, -0.2) is 19.9 Å². The molecule has 0 spiro atoms. The second kappa shape index (κ2) is 7.51. The fourth-order valence-corrected chi connectivity index (χ4v) is 6.59. The Labute approximate surface area is 216 Å². The molecular formula is C32H30N4O. The minimum absolute atomic E-state index is 0.0000830. The largest absolute Gasteiger partial charge is 0.292 e. The minimum Gasteiger partial charge on any atom is -0.292 e. The van der Waals surface area contributed by atoms with Gasteiger partial charge in [0, 0.05) is 28.2 Å². The summed E-state index contributed by atoms with van der Waals surface area (Å²) in [6.07, 6.45) is 1.98. The lowest BCUT2D eigenvalue weighted by atomic mass is 9.60. The third kappa shape index (κ3) is 2.77. The summed E-state index contributed by atoms with van der Waals surface area (Å²) in [5, 5.41) is 1.21. The van der Waals surface area contributed by atoms with Crippen molar-refractivity contribution in [1.29, 1.82) is 0 Å². The van der Waals surface area contributed by atoms with E-state index >= 15 is 0 Å². The number of allylic oxidation sites excluding steroid dienone is 7. The summed E-state index contributed by atoms with van der Waals surface area (Å²) in [7, 11) is 0. The number of rotatable bonds is 3. The van der Waals surface area contributed by atoms with Crippen LogP contribution in [-0.2, 0) is 0 Å². The van der Waals surface area contributed by atoms with Crippen molar-refractivity contribution in [2.75, 3.05) is 0 Å². The van der Waals surface area contributed by atoms with Gasteiger partial charge in [0.15, 0.2) is 5.78 Å². The first-order valence-corrected chi connectivity index (χ1v) is 12.6. The normalized spacial score (nSPS) is 24.7. The zero-order chi connectivity index (χ0) is 26.7. The maximum atomic E-state index is 13.4. The Balaban J connectivity index is 1.57. The fourth-order valence-electron chi connectivity index (χ4n) is 6.59. The van der Waals surface area contributed by atoms with Crippen LogP contribution in [0.4, 0.5) is 0 Å². The quantitative estimate of drug-likeness (QED) is 0.372. The van der Waals surface area contributed by atoms with Crippen LogP contribution in [0, 0.1) is 30.6 Å². The molecule has 3 aliphatic rings. The van der Waals surface area contributed by atoms with Crippen molar-refractivity contribution in [3.8, 4) is 0 Å². The van der Waals surface area contributed by atoms with E-state index in [0.29, 0.717) is 43.9 Å². The predicted molar refractivity (Wildman–Crippen MR) is 151 cm³/mol. The summed E-state index contributed by atoms with van der Waals surface area (Å²) >= 11 is 0. The first kappa shape index (κ1) is 23.4. The lowest BCUT2D eigenvalue weighted by Gasteiger charge is -2.42. The van der Waals surface area contributed by atoms with Crippen molar-refractivity contribution in [2.24, 2.45) is 23.7 Å². The standard InChI is InChI=1S/C32H30N4O/c1-11-21-12(2)13(3)22(21)16(6)25-20(10)33-27-18(8)30-29(19(9)28(27)34-25)35-26-17(7)23-14(4)15(5)24(23)32(37)31(26)36-30/h11,21-24H,1,6-9H2,2-5,10H3. The zero-order valence-electron chi connectivity index (χ0n) is 22.1. The second-order valence-electron chi connectivity index (χ2n) is 10.8. The monoisotopic (exact) mass is 486 g/mol. The average molecular weight is 487 g/mol. The van der Waals surface area contributed by atoms with Crippen LogP contribution in [0.3, 0.4) is 0 Å². The third-order valence-corrected chi connectivity index (χ3v) is 9.07. The average Bonchev–Trinajstić information content (AvgIpc) is 2.89. The molecule has 3 aromatic rings. The van der Waals surface area contributed by atoms with E-state index in [-0.39, 0.29) is 29.5 Å². The predicted octanol–water partition coefficient (Wildman–Crippen LogP) is 5.28. The van der Waals surface area contributed by atoms with Crippen molar-refractivity contribution >= 4 is 52.2 Å². The SMILES string of the molecule is C=CC1C(C)=C(C)C1C(=C)c1nc2c(=C)c3nc4c(nc3c(=C)c2nc1C)C(=O)C1C(C)=C(C)C1C4=C. The van der Waals surface area contributed by atoms with Crippen LogP contribution in [0.1, 0.15) is 55.3 Å². The smallest absolute Gasteiger partial charge is 0.191 e. The van der Waals surface area contributed by atoms with E-state index in [2.05, 4.69) is 53.7 Å². The maximum absolute atomic E-state index is 13.4. The number of ketones is 1. The molecule has 1 aromatic carbocycles. The van der Waals surface area contributed by atoms with Gasteiger partial charge in [-0.05, 0) is 45.8 Å². The molecule has 0 radical (unpaired) electrons. The molecule has 0 N–H and O–H groups in total. The molecule has 0 saturated carbocycles. The van der Waals surface area contributed by atoms with Gasteiger partial charge in [-0.15, -0.1) is 6.58 Å². The van der Waals surface area contributed by atoms with Crippen molar-refractivity contribution in [3.05, 3.63) is 81.3 Å². The fraction of sp³-hybridized carbons (Fsp3) is 0.281. The van der Waals surface area contributed by atoms with E-state index in [1.165, 1.54) is 16.7 Å². The molecule has 0 bridgehead atoms. The Morgan fingerprint density at radius 2 is 1.27 bits per heavy atom. The maximum Gasteiger partial charge on any atom is 0.191 e. The van der Waals surface area contributed by atoms with Crippen molar-refractivity contribution in [1.82, 2.24) is 19.9 Å².